The molecule has 0 atom stereocenters. The monoisotopic (exact) mass is 245 g/mol. The van der Waals surface area contributed by atoms with Gasteiger partial charge in [0.25, 0.3) is 11.8 Å². The lowest BCUT2D eigenvalue weighted by Gasteiger charge is -2.07. The number of amides is 1. The Morgan fingerprint density at radius 2 is 1.72 bits per heavy atom. The molecular formula is C12H11N3O3. The Bertz CT molecular complexity index is 555. The van der Waals surface area contributed by atoms with Crippen LogP contribution in [0.15, 0.2) is 36.7 Å². The molecule has 0 saturated carbocycles. The number of carbonyl (C=O) groups is 1. The van der Waals surface area contributed by atoms with E-state index in [4.69, 9.17) is 15.2 Å². The minimum atomic E-state index is -0.688. The van der Waals surface area contributed by atoms with Gasteiger partial charge in [0, 0.05) is 12.4 Å². The number of hydrogen-bond acceptors (Lipinski definition) is 5. The highest BCUT2D eigenvalue weighted by Gasteiger charge is 2.12. The van der Waals surface area contributed by atoms with Gasteiger partial charge in [-0.15, -0.1) is 0 Å². The molecule has 0 aliphatic rings. The highest BCUT2D eigenvalue weighted by atomic mass is 16.5. The molecule has 6 nitrogen and oxygen atoms in total. The number of methoxy groups -OCH3 is 1. The largest absolute Gasteiger partial charge is 0.497 e. The van der Waals surface area contributed by atoms with E-state index in [0.29, 0.717) is 11.5 Å². The van der Waals surface area contributed by atoms with Gasteiger partial charge in [-0.2, -0.15) is 0 Å². The molecule has 0 fully saturated rings. The molecule has 0 saturated heterocycles. The summed E-state index contributed by atoms with van der Waals surface area (Å²) in [5.74, 6) is 0.609. The molecule has 18 heavy (non-hydrogen) atoms. The van der Waals surface area contributed by atoms with Crippen molar-refractivity contribution in [2.75, 3.05) is 7.11 Å². The van der Waals surface area contributed by atoms with Crippen LogP contribution in [-0.4, -0.2) is 23.0 Å². The van der Waals surface area contributed by atoms with E-state index in [2.05, 4.69) is 9.97 Å². The second kappa shape index (κ2) is 5.13. The topological polar surface area (TPSA) is 87.3 Å². The quantitative estimate of drug-likeness (QED) is 0.879. The average Bonchev–Trinajstić information content (AvgIpc) is 2.40. The SMILES string of the molecule is COc1ccc(Oc2nccnc2C(N)=O)cc1. The number of nitrogens with two attached hydrogens (primary N) is 1. The second-order valence-electron chi connectivity index (χ2n) is 3.35. The van der Waals surface area contributed by atoms with Crippen molar-refractivity contribution in [1.29, 1.82) is 0 Å². The standard InChI is InChI=1S/C12H11N3O3/c1-17-8-2-4-9(5-3-8)18-12-10(11(13)16)14-6-7-15-12/h2-7H,1H3,(H2,13,16). The van der Waals surface area contributed by atoms with E-state index >= 15 is 0 Å². The number of benzene rings is 1. The van der Waals surface area contributed by atoms with E-state index in [1.165, 1.54) is 12.4 Å². The van der Waals surface area contributed by atoms with Crippen LogP contribution in [0, 0.1) is 0 Å². The predicted molar refractivity (Wildman–Crippen MR) is 63.6 cm³/mol. The zero-order valence-corrected chi connectivity index (χ0v) is 9.66. The van der Waals surface area contributed by atoms with Gasteiger partial charge in [0.15, 0.2) is 5.69 Å². The van der Waals surface area contributed by atoms with Gasteiger partial charge in [-0.3, -0.25) is 4.79 Å². The highest BCUT2D eigenvalue weighted by Crippen LogP contribution is 2.23. The maximum absolute atomic E-state index is 11.1. The van der Waals surface area contributed by atoms with Crippen molar-refractivity contribution in [3.63, 3.8) is 0 Å². The number of hydrogen-bond donors (Lipinski definition) is 1. The van der Waals surface area contributed by atoms with E-state index in [-0.39, 0.29) is 11.6 Å². The van der Waals surface area contributed by atoms with Crippen LogP contribution in [0.1, 0.15) is 10.5 Å². The van der Waals surface area contributed by atoms with Crippen LogP contribution < -0.4 is 15.2 Å². The molecule has 0 aliphatic carbocycles. The van der Waals surface area contributed by atoms with E-state index in [9.17, 15) is 4.79 Å². The minimum absolute atomic E-state index is 0.00619. The first-order valence-corrected chi connectivity index (χ1v) is 5.13. The molecule has 0 unspecified atom stereocenters. The summed E-state index contributed by atoms with van der Waals surface area (Å²) in [7, 11) is 1.57. The van der Waals surface area contributed by atoms with Crippen molar-refractivity contribution in [3.8, 4) is 17.4 Å². The predicted octanol–water partition coefficient (Wildman–Crippen LogP) is 1.38. The Kier molecular flexibility index (Phi) is 3.38. The van der Waals surface area contributed by atoms with E-state index in [1.54, 1.807) is 31.4 Å². The van der Waals surface area contributed by atoms with Crippen LogP contribution >= 0.6 is 0 Å². The van der Waals surface area contributed by atoms with Crippen molar-refractivity contribution in [2.45, 2.75) is 0 Å². The third-order valence-corrected chi connectivity index (χ3v) is 2.17. The summed E-state index contributed by atoms with van der Waals surface area (Å²) >= 11 is 0. The molecule has 6 heteroatoms. The van der Waals surface area contributed by atoms with Crippen molar-refractivity contribution in [3.05, 3.63) is 42.4 Å². The van der Waals surface area contributed by atoms with Crippen LogP contribution in [0.25, 0.3) is 0 Å². The van der Waals surface area contributed by atoms with Crippen LogP contribution in [0.3, 0.4) is 0 Å². The van der Waals surface area contributed by atoms with Crippen molar-refractivity contribution >= 4 is 5.91 Å². The maximum Gasteiger partial charge on any atom is 0.272 e. The summed E-state index contributed by atoms with van der Waals surface area (Å²) in [6.07, 6.45) is 2.80. The lowest BCUT2D eigenvalue weighted by molar-refractivity contribution is 0.0992. The van der Waals surface area contributed by atoms with E-state index in [1.807, 2.05) is 0 Å². The van der Waals surface area contributed by atoms with Crippen molar-refractivity contribution < 1.29 is 14.3 Å². The Morgan fingerprint density at radius 3 is 2.33 bits per heavy atom. The van der Waals surface area contributed by atoms with Gasteiger partial charge in [-0.05, 0) is 24.3 Å². The molecule has 0 radical (unpaired) electrons. The molecule has 1 aromatic heterocycles. The van der Waals surface area contributed by atoms with Gasteiger partial charge >= 0.3 is 0 Å². The van der Waals surface area contributed by atoms with Gasteiger partial charge in [-0.1, -0.05) is 0 Å². The number of rotatable bonds is 4. The summed E-state index contributed by atoms with van der Waals surface area (Å²) in [5, 5.41) is 0. The van der Waals surface area contributed by atoms with Crippen molar-refractivity contribution in [2.24, 2.45) is 5.73 Å². The molecule has 0 aliphatic heterocycles. The molecule has 1 amide bonds. The normalized spacial score (nSPS) is 9.83. The molecule has 2 aromatic rings. The zero-order valence-electron chi connectivity index (χ0n) is 9.66. The Morgan fingerprint density at radius 1 is 1.11 bits per heavy atom. The van der Waals surface area contributed by atoms with Gasteiger partial charge in [0.05, 0.1) is 7.11 Å². The van der Waals surface area contributed by atoms with Crippen molar-refractivity contribution in [1.82, 2.24) is 9.97 Å². The Hall–Kier alpha value is -2.63. The molecule has 0 spiro atoms. The summed E-state index contributed by atoms with van der Waals surface area (Å²) in [5.41, 5.74) is 5.17. The number of carbonyl (C=O) groups excluding carboxylic acids is 1. The van der Waals surface area contributed by atoms with Crippen LogP contribution in [0.4, 0.5) is 0 Å². The Labute approximate surface area is 103 Å². The first-order valence-electron chi connectivity index (χ1n) is 5.13. The fraction of sp³-hybridized carbons (Fsp3) is 0.0833. The molecule has 2 N–H and O–H groups in total. The zero-order chi connectivity index (χ0) is 13.0. The van der Waals surface area contributed by atoms with E-state index < -0.39 is 5.91 Å². The highest BCUT2D eigenvalue weighted by molar-refractivity contribution is 5.92. The number of ether oxygens (including phenoxy) is 2. The third kappa shape index (κ3) is 2.54. The maximum atomic E-state index is 11.1. The summed E-state index contributed by atoms with van der Waals surface area (Å²) in [6, 6.07) is 6.85. The van der Waals surface area contributed by atoms with Gasteiger partial charge < -0.3 is 15.2 Å². The minimum Gasteiger partial charge on any atom is -0.497 e. The van der Waals surface area contributed by atoms with Crippen LogP contribution in [-0.2, 0) is 0 Å². The first kappa shape index (κ1) is 11.8. The third-order valence-electron chi connectivity index (χ3n) is 2.17. The average molecular weight is 245 g/mol. The summed E-state index contributed by atoms with van der Waals surface area (Å²) in [4.78, 5) is 18.9. The van der Waals surface area contributed by atoms with Gasteiger partial charge in [-0.25, -0.2) is 9.97 Å². The smallest absolute Gasteiger partial charge is 0.272 e. The fourth-order valence-electron chi connectivity index (χ4n) is 1.32. The fourth-order valence-corrected chi connectivity index (χ4v) is 1.32. The summed E-state index contributed by atoms with van der Waals surface area (Å²) in [6.45, 7) is 0. The molecular weight excluding hydrogens is 234 g/mol. The Balaban J connectivity index is 2.25. The molecule has 2 rings (SSSR count). The van der Waals surface area contributed by atoms with Gasteiger partial charge in [0.2, 0.25) is 0 Å². The summed E-state index contributed by atoms with van der Waals surface area (Å²) < 4.78 is 10.5. The van der Waals surface area contributed by atoms with E-state index in [0.717, 1.165) is 0 Å². The lowest BCUT2D eigenvalue weighted by Crippen LogP contribution is -2.14. The van der Waals surface area contributed by atoms with Crippen LogP contribution in [0.2, 0.25) is 0 Å². The number of aromatic nitrogens is 2. The molecule has 0 bridgehead atoms. The van der Waals surface area contributed by atoms with Crippen LogP contribution in [0.5, 0.6) is 17.4 Å². The number of primary amides is 1. The molecule has 92 valence electrons. The number of nitrogens with zero attached hydrogens (tertiary/aromatic N) is 2. The first-order chi connectivity index (χ1) is 8.70. The molecule has 1 aromatic carbocycles. The lowest BCUT2D eigenvalue weighted by atomic mass is 10.3. The molecule has 1 heterocycles. The second-order valence-corrected chi connectivity index (χ2v) is 3.35. The van der Waals surface area contributed by atoms with Gasteiger partial charge in [0.1, 0.15) is 11.5 Å².